The number of hydrogen-bond acceptors (Lipinski definition) is 8. The molecule has 0 unspecified atom stereocenters. The molecule has 29 heavy (non-hydrogen) atoms. The van der Waals surface area contributed by atoms with E-state index in [1.165, 1.54) is 24.4 Å². The van der Waals surface area contributed by atoms with E-state index in [4.69, 9.17) is 9.15 Å². The first kappa shape index (κ1) is 19.2. The van der Waals surface area contributed by atoms with E-state index in [1.54, 1.807) is 12.1 Å². The van der Waals surface area contributed by atoms with Crippen LogP contribution in [0.4, 0.5) is 0 Å². The van der Waals surface area contributed by atoms with Gasteiger partial charge in [0, 0.05) is 18.7 Å². The van der Waals surface area contributed by atoms with Crippen LogP contribution in [0.1, 0.15) is 27.4 Å². The summed E-state index contributed by atoms with van der Waals surface area (Å²) in [7, 11) is 3.41. The molecule has 0 radical (unpaired) electrons. The molecular weight excluding hydrogens is 388 g/mol. The average molecular weight is 408 g/mol. The Morgan fingerprint density at radius 3 is 2.62 bits per heavy atom. The third kappa shape index (κ3) is 4.18. The number of rotatable bonds is 6. The Morgan fingerprint density at radius 1 is 1.10 bits per heavy atom. The molecule has 4 rings (SSSR count). The molecule has 0 saturated heterocycles. The number of nitrogens with zero attached hydrogens (tertiary/aromatic N) is 4. The summed E-state index contributed by atoms with van der Waals surface area (Å²) in [5.74, 6) is 0.953. The van der Waals surface area contributed by atoms with Gasteiger partial charge in [0.15, 0.2) is 0 Å². The third-order valence-corrected chi connectivity index (χ3v) is 5.19. The number of carbonyl (C=O) groups excluding carboxylic acids is 1. The first-order chi connectivity index (χ1) is 14.0. The SMILES string of the molecule is COC(=O)c1ccc(-c2nc(CN(C)Cc3ccc4nsnc4c3)c(C)o2)cc1. The van der Waals surface area contributed by atoms with E-state index in [2.05, 4.69) is 30.8 Å². The van der Waals surface area contributed by atoms with Crippen LogP contribution in [0, 0.1) is 6.92 Å². The van der Waals surface area contributed by atoms with Gasteiger partial charge in [0.25, 0.3) is 0 Å². The Morgan fingerprint density at radius 2 is 1.86 bits per heavy atom. The number of benzene rings is 2. The topological polar surface area (TPSA) is 81.4 Å². The summed E-state index contributed by atoms with van der Waals surface area (Å²) in [6.07, 6.45) is 0. The number of methoxy groups -OCH3 is 1. The van der Waals surface area contributed by atoms with Gasteiger partial charge in [0.05, 0.1) is 30.1 Å². The first-order valence-electron chi connectivity index (χ1n) is 9.08. The average Bonchev–Trinajstić information content (AvgIpc) is 3.33. The van der Waals surface area contributed by atoms with Crippen molar-refractivity contribution in [3.8, 4) is 11.5 Å². The van der Waals surface area contributed by atoms with Gasteiger partial charge in [-0.05, 0) is 55.9 Å². The second-order valence-corrected chi connectivity index (χ2v) is 7.38. The summed E-state index contributed by atoms with van der Waals surface area (Å²) in [6, 6.07) is 13.2. The molecule has 0 aliphatic carbocycles. The van der Waals surface area contributed by atoms with Crippen molar-refractivity contribution in [2.45, 2.75) is 20.0 Å². The summed E-state index contributed by atoms with van der Waals surface area (Å²) in [5.41, 5.74) is 5.22. The molecular formula is C21H20N4O3S. The van der Waals surface area contributed by atoms with Gasteiger partial charge in [-0.3, -0.25) is 4.90 Å². The summed E-state index contributed by atoms with van der Waals surface area (Å²) >= 11 is 1.23. The molecule has 7 nitrogen and oxygen atoms in total. The highest BCUT2D eigenvalue weighted by Crippen LogP contribution is 2.23. The number of ether oxygens (including phenoxy) is 1. The molecule has 0 aliphatic heterocycles. The second kappa shape index (κ2) is 8.10. The molecule has 0 atom stereocenters. The van der Waals surface area contributed by atoms with Crippen molar-refractivity contribution in [3.63, 3.8) is 0 Å². The Labute approximate surface area is 172 Å². The quantitative estimate of drug-likeness (QED) is 0.445. The second-order valence-electron chi connectivity index (χ2n) is 6.85. The Kier molecular flexibility index (Phi) is 5.37. The maximum Gasteiger partial charge on any atom is 0.337 e. The van der Waals surface area contributed by atoms with Crippen molar-refractivity contribution in [1.29, 1.82) is 0 Å². The van der Waals surface area contributed by atoms with Gasteiger partial charge >= 0.3 is 5.97 Å². The Hall–Kier alpha value is -3.10. The van der Waals surface area contributed by atoms with E-state index < -0.39 is 0 Å². The molecule has 0 N–H and O–H groups in total. The molecule has 0 fully saturated rings. The highest BCUT2D eigenvalue weighted by Gasteiger charge is 2.15. The summed E-state index contributed by atoms with van der Waals surface area (Å²) in [5, 5.41) is 0. The van der Waals surface area contributed by atoms with Crippen LogP contribution in [0.3, 0.4) is 0 Å². The smallest absolute Gasteiger partial charge is 0.337 e. The number of fused-ring (bicyclic) bond motifs is 1. The van der Waals surface area contributed by atoms with E-state index in [0.29, 0.717) is 18.0 Å². The lowest BCUT2D eigenvalue weighted by molar-refractivity contribution is 0.0600. The van der Waals surface area contributed by atoms with Gasteiger partial charge in [-0.2, -0.15) is 8.75 Å². The number of aromatic nitrogens is 3. The van der Waals surface area contributed by atoms with Crippen LogP contribution in [-0.2, 0) is 17.8 Å². The minimum atomic E-state index is -0.367. The van der Waals surface area contributed by atoms with Gasteiger partial charge in [-0.1, -0.05) is 6.07 Å². The maximum absolute atomic E-state index is 11.6. The van der Waals surface area contributed by atoms with Crippen LogP contribution in [0.5, 0.6) is 0 Å². The maximum atomic E-state index is 11.6. The Balaban J connectivity index is 1.46. The number of hydrogen-bond donors (Lipinski definition) is 0. The van der Waals surface area contributed by atoms with E-state index in [0.717, 1.165) is 34.6 Å². The molecule has 2 aromatic heterocycles. The van der Waals surface area contributed by atoms with Gasteiger partial charge in [0.1, 0.15) is 16.8 Å². The molecule has 0 amide bonds. The predicted molar refractivity (Wildman–Crippen MR) is 111 cm³/mol. The molecule has 0 aliphatic rings. The molecule has 4 aromatic rings. The van der Waals surface area contributed by atoms with Gasteiger partial charge < -0.3 is 9.15 Å². The van der Waals surface area contributed by atoms with Crippen LogP contribution < -0.4 is 0 Å². The van der Waals surface area contributed by atoms with Crippen LogP contribution in [0.15, 0.2) is 46.9 Å². The number of esters is 1. The lowest BCUT2D eigenvalue weighted by Crippen LogP contribution is -2.18. The van der Waals surface area contributed by atoms with Crippen molar-refractivity contribution in [1.82, 2.24) is 18.6 Å². The van der Waals surface area contributed by atoms with Crippen molar-refractivity contribution >= 4 is 28.7 Å². The lowest BCUT2D eigenvalue weighted by atomic mass is 10.1. The molecule has 148 valence electrons. The number of oxazole rings is 1. The molecule has 0 saturated carbocycles. The number of carbonyl (C=O) groups is 1. The third-order valence-electron chi connectivity index (χ3n) is 4.64. The first-order valence-corrected chi connectivity index (χ1v) is 9.81. The summed E-state index contributed by atoms with van der Waals surface area (Å²) < 4.78 is 19.1. The fourth-order valence-electron chi connectivity index (χ4n) is 3.11. The largest absolute Gasteiger partial charge is 0.465 e. The molecule has 0 spiro atoms. The van der Waals surface area contributed by atoms with Crippen molar-refractivity contribution in [3.05, 3.63) is 65.0 Å². The molecule has 0 bridgehead atoms. The predicted octanol–water partition coefficient (Wildman–Crippen LogP) is 4.07. The zero-order valence-electron chi connectivity index (χ0n) is 16.4. The zero-order chi connectivity index (χ0) is 20.4. The van der Waals surface area contributed by atoms with Crippen LogP contribution in [0.25, 0.3) is 22.5 Å². The zero-order valence-corrected chi connectivity index (χ0v) is 17.2. The van der Waals surface area contributed by atoms with Crippen LogP contribution >= 0.6 is 11.7 Å². The van der Waals surface area contributed by atoms with E-state index in [9.17, 15) is 4.79 Å². The van der Waals surface area contributed by atoms with Crippen molar-refractivity contribution in [2.75, 3.05) is 14.2 Å². The van der Waals surface area contributed by atoms with Crippen molar-refractivity contribution in [2.24, 2.45) is 0 Å². The molecule has 2 aromatic carbocycles. The monoisotopic (exact) mass is 408 g/mol. The lowest BCUT2D eigenvalue weighted by Gasteiger charge is -2.15. The highest BCUT2D eigenvalue weighted by molar-refractivity contribution is 7.00. The minimum Gasteiger partial charge on any atom is -0.465 e. The fourth-order valence-corrected chi connectivity index (χ4v) is 3.63. The molecule has 2 heterocycles. The summed E-state index contributed by atoms with van der Waals surface area (Å²) in [4.78, 5) is 18.4. The van der Waals surface area contributed by atoms with Gasteiger partial charge in [-0.25, -0.2) is 9.78 Å². The van der Waals surface area contributed by atoms with Crippen LogP contribution in [0.2, 0.25) is 0 Å². The van der Waals surface area contributed by atoms with Crippen LogP contribution in [-0.4, -0.2) is 38.8 Å². The van der Waals surface area contributed by atoms with Gasteiger partial charge in [-0.15, -0.1) is 0 Å². The standard InChI is InChI=1S/C21H20N4O3S/c1-13-19(12-25(2)11-14-4-9-17-18(10-14)24-29-23-17)22-20(28-13)15-5-7-16(8-6-15)21(26)27-3/h4-10H,11-12H2,1-3H3. The summed E-state index contributed by atoms with van der Waals surface area (Å²) in [6.45, 7) is 3.33. The Bertz CT molecular complexity index is 1150. The van der Waals surface area contributed by atoms with Crippen molar-refractivity contribution < 1.29 is 13.9 Å². The van der Waals surface area contributed by atoms with E-state index in [-0.39, 0.29) is 5.97 Å². The molecule has 8 heteroatoms. The number of aryl methyl sites for hydroxylation is 1. The highest BCUT2D eigenvalue weighted by atomic mass is 32.1. The van der Waals surface area contributed by atoms with E-state index in [1.807, 2.05) is 32.2 Å². The van der Waals surface area contributed by atoms with Gasteiger partial charge in [0.2, 0.25) is 5.89 Å². The fraction of sp³-hybridized carbons (Fsp3) is 0.238. The minimum absolute atomic E-state index is 0.367. The normalized spacial score (nSPS) is 11.3. The van der Waals surface area contributed by atoms with E-state index >= 15 is 0 Å².